The van der Waals surface area contributed by atoms with Gasteiger partial charge in [-0.25, -0.2) is 4.79 Å². The quantitative estimate of drug-likeness (QED) is 0.429. The summed E-state index contributed by atoms with van der Waals surface area (Å²) in [6.45, 7) is -0.139. The zero-order valence-electron chi connectivity index (χ0n) is 17.1. The lowest BCUT2D eigenvalue weighted by Gasteiger charge is -2.13. The molecule has 0 bridgehead atoms. The number of carbonyl (C=O) groups is 2. The molecular weight excluding hydrogens is 396 g/mol. The van der Waals surface area contributed by atoms with Crippen LogP contribution in [0.1, 0.15) is 17.5 Å². The molecule has 160 valence electrons. The first-order valence-corrected chi connectivity index (χ1v) is 9.76. The maximum Gasteiger partial charge on any atom is 0.409 e. The first-order chi connectivity index (χ1) is 15.0. The summed E-state index contributed by atoms with van der Waals surface area (Å²) in [5.41, 5.74) is 4.11. The van der Waals surface area contributed by atoms with Crippen molar-refractivity contribution in [1.29, 1.82) is 0 Å². The molecule has 4 N–H and O–H groups in total. The number of aliphatic hydroxyl groups is 1. The van der Waals surface area contributed by atoms with E-state index in [0.717, 1.165) is 16.7 Å². The van der Waals surface area contributed by atoms with E-state index in [1.165, 1.54) is 7.11 Å². The van der Waals surface area contributed by atoms with Crippen LogP contribution in [0.5, 0.6) is 5.75 Å². The summed E-state index contributed by atoms with van der Waals surface area (Å²) in [6.07, 6.45) is -0.524. The first-order valence-electron chi connectivity index (χ1n) is 9.76. The summed E-state index contributed by atoms with van der Waals surface area (Å²) in [6, 6.07) is 20.0. The summed E-state index contributed by atoms with van der Waals surface area (Å²) in [5.74, 6) is 0.291. The van der Waals surface area contributed by atoms with Gasteiger partial charge in [-0.1, -0.05) is 48.5 Å². The van der Waals surface area contributed by atoms with Gasteiger partial charge in [0.1, 0.15) is 5.75 Å². The Morgan fingerprint density at radius 2 is 1.61 bits per heavy atom. The molecule has 0 saturated carbocycles. The van der Waals surface area contributed by atoms with Crippen molar-refractivity contribution < 1.29 is 24.5 Å². The second kappa shape index (κ2) is 10.3. The molecule has 0 radical (unpaired) electrons. The van der Waals surface area contributed by atoms with E-state index < -0.39 is 6.09 Å². The van der Waals surface area contributed by atoms with Crippen LogP contribution in [-0.2, 0) is 17.8 Å². The summed E-state index contributed by atoms with van der Waals surface area (Å²) in [5, 5.41) is 23.8. The van der Waals surface area contributed by atoms with Gasteiger partial charge in [-0.15, -0.1) is 0 Å². The molecule has 0 spiro atoms. The van der Waals surface area contributed by atoms with Gasteiger partial charge < -0.3 is 20.3 Å². The number of carboxylic acid groups (broad SMARTS) is 1. The molecule has 0 aliphatic heterocycles. The van der Waals surface area contributed by atoms with Crippen LogP contribution in [0.4, 0.5) is 16.2 Å². The number of nitrogens with one attached hydrogen (secondary N) is 2. The Balaban J connectivity index is 1.73. The summed E-state index contributed by atoms with van der Waals surface area (Å²) >= 11 is 0. The maximum atomic E-state index is 12.5. The van der Waals surface area contributed by atoms with E-state index in [2.05, 4.69) is 10.6 Å². The Labute approximate surface area is 180 Å². The third kappa shape index (κ3) is 5.83. The van der Waals surface area contributed by atoms with Gasteiger partial charge in [0, 0.05) is 12.0 Å². The van der Waals surface area contributed by atoms with E-state index in [1.54, 1.807) is 24.3 Å². The third-order valence-corrected chi connectivity index (χ3v) is 4.77. The minimum atomic E-state index is -1.15. The fourth-order valence-electron chi connectivity index (χ4n) is 3.26. The van der Waals surface area contributed by atoms with Crippen LogP contribution in [-0.4, -0.2) is 29.3 Å². The lowest BCUT2D eigenvalue weighted by molar-refractivity contribution is -0.116. The van der Waals surface area contributed by atoms with Crippen molar-refractivity contribution in [3.63, 3.8) is 0 Å². The zero-order chi connectivity index (χ0) is 22.2. The second-order valence-corrected chi connectivity index (χ2v) is 6.92. The Morgan fingerprint density at radius 3 is 2.29 bits per heavy atom. The Bertz CT molecular complexity index is 1070. The number of aliphatic hydroxyl groups excluding tert-OH is 1. The fraction of sp³-hybridized carbons (Fsp3) is 0.167. The average Bonchev–Trinajstić information content (AvgIpc) is 2.78. The Kier molecular flexibility index (Phi) is 7.24. The lowest BCUT2D eigenvalue weighted by atomic mass is 9.99. The van der Waals surface area contributed by atoms with Crippen LogP contribution < -0.4 is 15.4 Å². The standard InChI is InChI=1S/C24H24N2O5/c1-31-22-11-8-17(15-27)14-21(22)25-23(28)12-9-16-7-10-19(18-5-3-2-4-6-18)20(13-16)26-24(29)30/h2-8,10-11,13-14,26-27H,9,12,15H2,1H3,(H,25,28)(H,29,30). The first kappa shape index (κ1) is 21.9. The van der Waals surface area contributed by atoms with Crippen LogP contribution >= 0.6 is 0 Å². The SMILES string of the molecule is COc1ccc(CO)cc1NC(=O)CCc1ccc(-c2ccccc2)c(NC(=O)O)c1. The highest BCUT2D eigenvalue weighted by Gasteiger charge is 2.12. The number of benzene rings is 3. The van der Waals surface area contributed by atoms with Crippen LogP contribution in [0.15, 0.2) is 66.7 Å². The predicted octanol–water partition coefficient (Wildman–Crippen LogP) is 4.52. The number of methoxy groups -OCH3 is 1. The van der Waals surface area contributed by atoms with E-state index in [0.29, 0.717) is 29.1 Å². The molecule has 0 saturated heterocycles. The topological polar surface area (TPSA) is 108 Å². The van der Waals surface area contributed by atoms with Gasteiger partial charge in [0.05, 0.1) is 25.1 Å². The Hall–Kier alpha value is -3.84. The highest BCUT2D eigenvalue weighted by Crippen LogP contribution is 2.30. The van der Waals surface area contributed by atoms with Crippen molar-refractivity contribution in [2.24, 2.45) is 0 Å². The van der Waals surface area contributed by atoms with E-state index in [4.69, 9.17) is 4.74 Å². The highest BCUT2D eigenvalue weighted by atomic mass is 16.5. The van der Waals surface area contributed by atoms with Crippen molar-refractivity contribution in [1.82, 2.24) is 0 Å². The van der Waals surface area contributed by atoms with Crippen molar-refractivity contribution >= 4 is 23.4 Å². The highest BCUT2D eigenvalue weighted by molar-refractivity contribution is 5.93. The molecule has 7 nitrogen and oxygen atoms in total. The maximum absolute atomic E-state index is 12.5. The van der Waals surface area contributed by atoms with Gasteiger partial charge in [-0.05, 0) is 41.3 Å². The van der Waals surface area contributed by atoms with Crippen LogP contribution in [0.3, 0.4) is 0 Å². The molecule has 0 unspecified atom stereocenters. The molecule has 0 fully saturated rings. The molecule has 0 atom stereocenters. The number of ether oxygens (including phenoxy) is 1. The molecule has 0 aliphatic rings. The average molecular weight is 420 g/mol. The summed E-state index contributed by atoms with van der Waals surface area (Å²) in [4.78, 5) is 23.7. The van der Waals surface area contributed by atoms with Crippen molar-refractivity contribution in [3.05, 3.63) is 77.9 Å². The van der Waals surface area contributed by atoms with Crippen molar-refractivity contribution in [3.8, 4) is 16.9 Å². The smallest absolute Gasteiger partial charge is 0.409 e. The van der Waals surface area contributed by atoms with Gasteiger partial charge in [-0.2, -0.15) is 0 Å². The van der Waals surface area contributed by atoms with Gasteiger partial charge in [0.15, 0.2) is 0 Å². The third-order valence-electron chi connectivity index (χ3n) is 4.77. The molecule has 3 aromatic rings. The van der Waals surface area contributed by atoms with Gasteiger partial charge in [0.2, 0.25) is 5.91 Å². The largest absolute Gasteiger partial charge is 0.495 e. The van der Waals surface area contributed by atoms with E-state index in [-0.39, 0.29) is 18.9 Å². The summed E-state index contributed by atoms with van der Waals surface area (Å²) < 4.78 is 5.26. The number of rotatable bonds is 8. The van der Waals surface area contributed by atoms with Crippen molar-refractivity contribution in [2.45, 2.75) is 19.4 Å². The molecule has 3 rings (SSSR count). The van der Waals surface area contributed by atoms with Gasteiger partial charge in [0.25, 0.3) is 0 Å². The normalized spacial score (nSPS) is 10.4. The second-order valence-electron chi connectivity index (χ2n) is 6.92. The molecule has 2 amide bonds. The fourth-order valence-corrected chi connectivity index (χ4v) is 3.26. The number of aryl methyl sites for hydroxylation is 1. The Morgan fingerprint density at radius 1 is 0.903 bits per heavy atom. The van der Waals surface area contributed by atoms with Crippen molar-refractivity contribution in [2.75, 3.05) is 17.7 Å². The van der Waals surface area contributed by atoms with E-state index >= 15 is 0 Å². The lowest BCUT2D eigenvalue weighted by Crippen LogP contribution is -2.14. The van der Waals surface area contributed by atoms with E-state index in [9.17, 15) is 19.8 Å². The number of amides is 2. The molecule has 31 heavy (non-hydrogen) atoms. The number of hydrogen-bond acceptors (Lipinski definition) is 4. The monoisotopic (exact) mass is 420 g/mol. The molecule has 3 aromatic carbocycles. The minimum Gasteiger partial charge on any atom is -0.495 e. The number of hydrogen-bond donors (Lipinski definition) is 4. The molecule has 0 aromatic heterocycles. The van der Waals surface area contributed by atoms with Gasteiger partial charge in [-0.3, -0.25) is 10.1 Å². The minimum absolute atomic E-state index is 0.139. The number of anilines is 2. The molecule has 0 aliphatic carbocycles. The van der Waals surface area contributed by atoms with Crippen LogP contribution in [0, 0.1) is 0 Å². The van der Waals surface area contributed by atoms with Crippen LogP contribution in [0.25, 0.3) is 11.1 Å². The predicted molar refractivity (Wildman–Crippen MR) is 119 cm³/mol. The molecule has 0 heterocycles. The van der Waals surface area contributed by atoms with E-state index in [1.807, 2.05) is 42.5 Å². The molecular formula is C24H24N2O5. The molecule has 7 heteroatoms. The number of carbonyl (C=O) groups excluding carboxylic acids is 1. The van der Waals surface area contributed by atoms with Crippen LogP contribution in [0.2, 0.25) is 0 Å². The van der Waals surface area contributed by atoms with Gasteiger partial charge >= 0.3 is 6.09 Å². The zero-order valence-corrected chi connectivity index (χ0v) is 17.1. The summed E-state index contributed by atoms with van der Waals surface area (Å²) in [7, 11) is 1.51.